The van der Waals surface area contributed by atoms with Gasteiger partial charge in [0.25, 0.3) is 0 Å². The molecule has 1 fully saturated rings. The third-order valence-electron chi connectivity index (χ3n) is 3.43. The SMILES string of the molecule is CCC(C)N1CCC[C@H]1CC(C)(C)C. The summed E-state index contributed by atoms with van der Waals surface area (Å²) in [7, 11) is 0. The van der Waals surface area contributed by atoms with Gasteiger partial charge in [-0.3, -0.25) is 4.90 Å². The summed E-state index contributed by atoms with van der Waals surface area (Å²) in [5.74, 6) is 0. The second-order valence-electron chi connectivity index (χ2n) is 6.06. The predicted molar refractivity (Wildman–Crippen MR) is 63.6 cm³/mol. The summed E-state index contributed by atoms with van der Waals surface area (Å²) < 4.78 is 0. The van der Waals surface area contributed by atoms with E-state index in [1.54, 1.807) is 0 Å². The standard InChI is InChI=1S/C13H27N/c1-6-11(2)14-9-7-8-12(14)10-13(3,4)5/h11-12H,6-10H2,1-5H3/t11?,12-/m0/s1. The van der Waals surface area contributed by atoms with Crippen molar-refractivity contribution in [3.63, 3.8) is 0 Å². The average Bonchev–Trinajstić information content (AvgIpc) is 2.48. The van der Waals surface area contributed by atoms with Gasteiger partial charge in [-0.05, 0) is 44.6 Å². The Labute approximate surface area is 89.9 Å². The molecule has 84 valence electrons. The minimum absolute atomic E-state index is 0.487. The highest BCUT2D eigenvalue weighted by Gasteiger charge is 2.30. The third kappa shape index (κ3) is 3.27. The van der Waals surface area contributed by atoms with Crippen LogP contribution in [0.5, 0.6) is 0 Å². The minimum atomic E-state index is 0.487. The first-order chi connectivity index (χ1) is 6.44. The van der Waals surface area contributed by atoms with Crippen LogP contribution in [-0.4, -0.2) is 23.5 Å². The maximum absolute atomic E-state index is 2.73. The highest BCUT2D eigenvalue weighted by molar-refractivity contribution is 4.85. The van der Waals surface area contributed by atoms with Gasteiger partial charge in [-0.1, -0.05) is 27.7 Å². The van der Waals surface area contributed by atoms with Gasteiger partial charge in [-0.25, -0.2) is 0 Å². The Hall–Kier alpha value is -0.0400. The van der Waals surface area contributed by atoms with Crippen molar-refractivity contribution < 1.29 is 0 Å². The molecule has 14 heavy (non-hydrogen) atoms. The lowest BCUT2D eigenvalue weighted by molar-refractivity contribution is 0.146. The van der Waals surface area contributed by atoms with E-state index in [2.05, 4.69) is 39.5 Å². The van der Waals surface area contributed by atoms with E-state index in [1.807, 2.05) is 0 Å². The molecule has 1 aliphatic rings. The van der Waals surface area contributed by atoms with E-state index in [0.29, 0.717) is 5.41 Å². The van der Waals surface area contributed by atoms with Crippen molar-refractivity contribution in [2.45, 2.75) is 72.4 Å². The van der Waals surface area contributed by atoms with Gasteiger partial charge in [-0.15, -0.1) is 0 Å². The van der Waals surface area contributed by atoms with E-state index >= 15 is 0 Å². The second-order valence-corrected chi connectivity index (χ2v) is 6.06. The number of hydrogen-bond donors (Lipinski definition) is 0. The molecule has 0 aromatic rings. The van der Waals surface area contributed by atoms with Crippen LogP contribution in [-0.2, 0) is 0 Å². The number of hydrogen-bond acceptors (Lipinski definition) is 1. The summed E-state index contributed by atoms with van der Waals surface area (Å²) in [5, 5.41) is 0. The lowest BCUT2D eigenvalue weighted by Gasteiger charge is -2.34. The number of rotatable bonds is 3. The largest absolute Gasteiger partial charge is 0.298 e. The van der Waals surface area contributed by atoms with Crippen molar-refractivity contribution in [3.05, 3.63) is 0 Å². The maximum atomic E-state index is 2.73. The first-order valence-corrected chi connectivity index (χ1v) is 6.20. The third-order valence-corrected chi connectivity index (χ3v) is 3.43. The fourth-order valence-electron chi connectivity index (χ4n) is 2.60. The van der Waals surface area contributed by atoms with Crippen LogP contribution in [0, 0.1) is 5.41 Å². The van der Waals surface area contributed by atoms with Gasteiger partial charge in [0.1, 0.15) is 0 Å². The van der Waals surface area contributed by atoms with E-state index in [-0.39, 0.29) is 0 Å². The van der Waals surface area contributed by atoms with E-state index in [1.165, 1.54) is 32.2 Å². The van der Waals surface area contributed by atoms with Crippen LogP contribution in [0.3, 0.4) is 0 Å². The molecule has 1 heterocycles. The molecule has 0 aromatic heterocycles. The summed E-state index contributed by atoms with van der Waals surface area (Å²) in [6.07, 6.45) is 5.48. The Morgan fingerprint density at radius 3 is 2.50 bits per heavy atom. The molecule has 1 nitrogen and oxygen atoms in total. The van der Waals surface area contributed by atoms with Gasteiger partial charge in [-0.2, -0.15) is 0 Å². The summed E-state index contributed by atoms with van der Waals surface area (Å²) in [5.41, 5.74) is 0.487. The Morgan fingerprint density at radius 1 is 1.36 bits per heavy atom. The lowest BCUT2D eigenvalue weighted by atomic mass is 9.87. The Kier molecular flexibility index (Phi) is 4.00. The molecule has 0 spiro atoms. The summed E-state index contributed by atoms with van der Waals surface area (Å²) in [4.78, 5) is 2.73. The zero-order chi connectivity index (χ0) is 10.8. The smallest absolute Gasteiger partial charge is 0.0103 e. The zero-order valence-electron chi connectivity index (χ0n) is 10.6. The highest BCUT2D eigenvalue weighted by atomic mass is 15.2. The zero-order valence-corrected chi connectivity index (χ0v) is 10.6. The number of likely N-dealkylation sites (tertiary alicyclic amines) is 1. The Balaban J connectivity index is 2.51. The molecular formula is C13H27N. The van der Waals surface area contributed by atoms with Crippen LogP contribution in [0.1, 0.15) is 60.3 Å². The van der Waals surface area contributed by atoms with Crippen LogP contribution < -0.4 is 0 Å². The molecule has 1 aliphatic heterocycles. The fraction of sp³-hybridized carbons (Fsp3) is 1.00. The van der Waals surface area contributed by atoms with Gasteiger partial charge in [0, 0.05) is 12.1 Å². The Morgan fingerprint density at radius 2 is 2.00 bits per heavy atom. The van der Waals surface area contributed by atoms with Gasteiger partial charge in [0.05, 0.1) is 0 Å². The minimum Gasteiger partial charge on any atom is -0.298 e. The van der Waals surface area contributed by atoms with Gasteiger partial charge >= 0.3 is 0 Å². The monoisotopic (exact) mass is 197 g/mol. The quantitative estimate of drug-likeness (QED) is 0.667. The lowest BCUT2D eigenvalue weighted by Crippen LogP contribution is -2.38. The first kappa shape index (κ1) is 12.0. The second kappa shape index (κ2) is 4.65. The van der Waals surface area contributed by atoms with Crippen LogP contribution in [0.15, 0.2) is 0 Å². The predicted octanol–water partition coefficient (Wildman–Crippen LogP) is 3.69. The molecule has 0 N–H and O–H groups in total. The molecule has 2 atom stereocenters. The van der Waals surface area contributed by atoms with Crippen molar-refractivity contribution in [1.29, 1.82) is 0 Å². The van der Waals surface area contributed by atoms with Crippen molar-refractivity contribution >= 4 is 0 Å². The Bertz CT molecular complexity index is 169. The van der Waals surface area contributed by atoms with Crippen molar-refractivity contribution in [3.8, 4) is 0 Å². The topological polar surface area (TPSA) is 3.24 Å². The van der Waals surface area contributed by atoms with Crippen LogP contribution in [0.2, 0.25) is 0 Å². The molecule has 1 unspecified atom stereocenters. The van der Waals surface area contributed by atoms with Gasteiger partial charge in [0.15, 0.2) is 0 Å². The van der Waals surface area contributed by atoms with Crippen molar-refractivity contribution in [1.82, 2.24) is 4.90 Å². The molecular weight excluding hydrogens is 170 g/mol. The van der Waals surface area contributed by atoms with E-state index < -0.39 is 0 Å². The van der Waals surface area contributed by atoms with E-state index in [4.69, 9.17) is 0 Å². The van der Waals surface area contributed by atoms with Crippen molar-refractivity contribution in [2.24, 2.45) is 5.41 Å². The first-order valence-electron chi connectivity index (χ1n) is 6.20. The molecule has 1 saturated heterocycles. The average molecular weight is 197 g/mol. The highest BCUT2D eigenvalue weighted by Crippen LogP contribution is 2.31. The van der Waals surface area contributed by atoms with Crippen LogP contribution in [0.4, 0.5) is 0 Å². The summed E-state index contributed by atoms with van der Waals surface area (Å²) in [6, 6.07) is 1.63. The molecule has 0 aromatic carbocycles. The molecule has 0 radical (unpaired) electrons. The van der Waals surface area contributed by atoms with Gasteiger partial charge in [0.2, 0.25) is 0 Å². The molecule has 1 heteroatoms. The normalized spacial score (nSPS) is 26.8. The van der Waals surface area contributed by atoms with Crippen molar-refractivity contribution in [2.75, 3.05) is 6.54 Å². The molecule has 0 aliphatic carbocycles. The van der Waals surface area contributed by atoms with Gasteiger partial charge < -0.3 is 0 Å². The summed E-state index contributed by atoms with van der Waals surface area (Å²) in [6.45, 7) is 13.1. The maximum Gasteiger partial charge on any atom is 0.0103 e. The molecule has 1 rings (SSSR count). The van der Waals surface area contributed by atoms with E-state index in [0.717, 1.165) is 12.1 Å². The van der Waals surface area contributed by atoms with E-state index in [9.17, 15) is 0 Å². The molecule has 0 bridgehead atoms. The van der Waals surface area contributed by atoms with Crippen LogP contribution >= 0.6 is 0 Å². The molecule has 0 amide bonds. The number of nitrogens with zero attached hydrogens (tertiary/aromatic N) is 1. The fourth-order valence-corrected chi connectivity index (χ4v) is 2.60. The molecule has 0 saturated carbocycles. The summed E-state index contributed by atoms with van der Waals surface area (Å²) >= 11 is 0. The van der Waals surface area contributed by atoms with Crippen LogP contribution in [0.25, 0.3) is 0 Å².